The van der Waals surface area contributed by atoms with Crippen molar-refractivity contribution in [2.45, 2.75) is 57.2 Å². The largest absolute Gasteiger partial charge is 0.390 e. The number of rotatable bonds is 6. The van der Waals surface area contributed by atoms with Crippen molar-refractivity contribution in [3.63, 3.8) is 0 Å². The molecule has 0 aromatic carbocycles. The van der Waals surface area contributed by atoms with Crippen LogP contribution < -0.4 is 10.6 Å². The topological polar surface area (TPSA) is 118 Å². The lowest BCUT2D eigenvalue weighted by Gasteiger charge is -2.33. The molecule has 1 fully saturated rings. The third-order valence-corrected chi connectivity index (χ3v) is 6.09. The van der Waals surface area contributed by atoms with Crippen LogP contribution in [0.1, 0.15) is 32.6 Å². The Morgan fingerprint density at radius 1 is 1.21 bits per heavy atom. The first-order valence-electron chi connectivity index (χ1n) is 10.9. The van der Waals surface area contributed by atoms with Crippen molar-refractivity contribution in [1.82, 2.24) is 34.6 Å². The molecule has 4 aromatic rings. The molecular formula is C21H25F2N9O. The Labute approximate surface area is 188 Å². The lowest BCUT2D eigenvalue weighted by atomic mass is 9.84. The number of nitrogens with one attached hydrogen (secondary N) is 2. The molecule has 10 nitrogen and oxygen atoms in total. The molecule has 0 bridgehead atoms. The minimum atomic E-state index is -2.55. The van der Waals surface area contributed by atoms with E-state index in [0.717, 1.165) is 41.4 Å². The van der Waals surface area contributed by atoms with Gasteiger partial charge in [-0.2, -0.15) is 4.98 Å². The fourth-order valence-corrected chi connectivity index (χ4v) is 4.29. The number of anilines is 2. The van der Waals surface area contributed by atoms with Crippen molar-refractivity contribution < 1.29 is 13.9 Å². The molecule has 5 rings (SSSR count). The zero-order chi connectivity index (χ0) is 23.2. The molecule has 0 atom stereocenters. The molecule has 33 heavy (non-hydrogen) atoms. The summed E-state index contributed by atoms with van der Waals surface area (Å²) in [6.07, 6.45) is 2.38. The number of pyridine rings is 1. The molecule has 4 heterocycles. The van der Waals surface area contributed by atoms with Gasteiger partial charge in [-0.15, -0.1) is 10.2 Å². The summed E-state index contributed by atoms with van der Waals surface area (Å²) in [7, 11) is 1.78. The zero-order valence-corrected chi connectivity index (χ0v) is 18.3. The lowest BCUT2D eigenvalue weighted by Crippen LogP contribution is -2.36. The van der Waals surface area contributed by atoms with Gasteiger partial charge in [0.25, 0.3) is 6.43 Å². The van der Waals surface area contributed by atoms with E-state index in [-0.39, 0.29) is 6.04 Å². The molecule has 1 aliphatic rings. The van der Waals surface area contributed by atoms with Crippen molar-refractivity contribution in [2.75, 3.05) is 17.7 Å². The number of aliphatic hydroxyl groups is 1. The Bertz CT molecular complexity index is 1290. The van der Waals surface area contributed by atoms with Gasteiger partial charge < -0.3 is 15.7 Å². The molecule has 174 valence electrons. The number of fused-ring (bicyclic) bond motifs is 2. The van der Waals surface area contributed by atoms with Crippen LogP contribution in [0.15, 0.2) is 24.4 Å². The van der Waals surface area contributed by atoms with E-state index in [1.807, 2.05) is 19.2 Å². The van der Waals surface area contributed by atoms with E-state index in [4.69, 9.17) is 0 Å². The van der Waals surface area contributed by atoms with Crippen molar-refractivity contribution in [3.8, 4) is 11.3 Å². The van der Waals surface area contributed by atoms with E-state index in [1.54, 1.807) is 23.7 Å². The summed E-state index contributed by atoms with van der Waals surface area (Å²) in [5.74, 6) is 1.10. The quantitative estimate of drug-likeness (QED) is 0.405. The number of halogens is 2. The Morgan fingerprint density at radius 3 is 2.73 bits per heavy atom. The Hall–Kier alpha value is -3.41. The van der Waals surface area contributed by atoms with Crippen molar-refractivity contribution in [2.24, 2.45) is 0 Å². The van der Waals surface area contributed by atoms with Gasteiger partial charge in [0.05, 0.1) is 11.3 Å². The van der Waals surface area contributed by atoms with Gasteiger partial charge in [-0.25, -0.2) is 23.0 Å². The van der Waals surface area contributed by atoms with Crippen LogP contribution in [0, 0.1) is 0 Å². The van der Waals surface area contributed by atoms with Crippen LogP contribution in [0.5, 0.6) is 0 Å². The SMILES string of the molecule is CNc1nc(NC2CCC(C)(O)CC2)nn2ccc(-c3ccc4nnn(CC(F)F)c4n3)c12. The molecule has 0 amide bonds. The predicted octanol–water partition coefficient (Wildman–Crippen LogP) is 2.95. The maximum Gasteiger partial charge on any atom is 0.258 e. The normalized spacial score (nSPS) is 21.2. The molecule has 0 saturated heterocycles. The first-order chi connectivity index (χ1) is 15.8. The predicted molar refractivity (Wildman–Crippen MR) is 119 cm³/mol. The highest BCUT2D eigenvalue weighted by Gasteiger charge is 2.29. The van der Waals surface area contributed by atoms with Crippen LogP contribution in [0.25, 0.3) is 27.9 Å². The third kappa shape index (κ3) is 4.17. The van der Waals surface area contributed by atoms with Crippen LogP contribution >= 0.6 is 0 Å². The molecular weight excluding hydrogens is 432 g/mol. The highest BCUT2D eigenvalue weighted by atomic mass is 19.3. The summed E-state index contributed by atoms with van der Waals surface area (Å²) in [5.41, 5.74) is 2.19. The molecule has 0 radical (unpaired) electrons. The monoisotopic (exact) mass is 457 g/mol. The molecule has 1 saturated carbocycles. The highest BCUT2D eigenvalue weighted by Crippen LogP contribution is 2.32. The van der Waals surface area contributed by atoms with Crippen molar-refractivity contribution in [3.05, 3.63) is 24.4 Å². The Morgan fingerprint density at radius 2 is 2.00 bits per heavy atom. The van der Waals surface area contributed by atoms with E-state index >= 15 is 0 Å². The maximum atomic E-state index is 12.9. The summed E-state index contributed by atoms with van der Waals surface area (Å²) >= 11 is 0. The first-order valence-corrected chi connectivity index (χ1v) is 10.9. The molecule has 0 aliphatic heterocycles. The maximum absolute atomic E-state index is 12.9. The standard InChI is InChI=1S/C21H25F2N9O/c1-21(33)8-5-12(6-9-21)25-20-27-18(24-2)17-13(7-10-31(17)29-20)14-3-4-15-19(26-14)32(30-28-15)11-16(22)23/h3-4,7,10,12,16,33H,5-6,8-9,11H2,1-2H3,(H2,24,25,27,29). The molecule has 0 unspecified atom stereocenters. The summed E-state index contributed by atoms with van der Waals surface area (Å²) < 4.78 is 28.6. The van der Waals surface area contributed by atoms with E-state index in [9.17, 15) is 13.9 Å². The Balaban J connectivity index is 1.49. The minimum absolute atomic E-state index is 0.189. The van der Waals surface area contributed by atoms with E-state index in [2.05, 4.69) is 36.0 Å². The summed E-state index contributed by atoms with van der Waals surface area (Å²) in [6.45, 7) is 1.30. The van der Waals surface area contributed by atoms with Crippen LogP contribution in [0.4, 0.5) is 20.5 Å². The van der Waals surface area contributed by atoms with Crippen LogP contribution in [-0.2, 0) is 6.54 Å². The van der Waals surface area contributed by atoms with Gasteiger partial charge in [-0.3, -0.25) is 0 Å². The number of alkyl halides is 2. The summed E-state index contributed by atoms with van der Waals surface area (Å²) in [5, 5.41) is 29.0. The Kier molecular flexibility index (Phi) is 5.31. The number of nitrogens with zero attached hydrogens (tertiary/aromatic N) is 7. The van der Waals surface area contributed by atoms with Gasteiger partial charge in [-0.05, 0) is 50.8 Å². The van der Waals surface area contributed by atoms with E-state index < -0.39 is 18.6 Å². The van der Waals surface area contributed by atoms with Gasteiger partial charge in [-0.1, -0.05) is 5.21 Å². The smallest absolute Gasteiger partial charge is 0.258 e. The van der Waals surface area contributed by atoms with E-state index in [0.29, 0.717) is 28.6 Å². The van der Waals surface area contributed by atoms with Gasteiger partial charge >= 0.3 is 0 Å². The fraction of sp³-hybridized carbons (Fsp3) is 0.476. The van der Waals surface area contributed by atoms with Gasteiger partial charge in [0.15, 0.2) is 11.5 Å². The minimum Gasteiger partial charge on any atom is -0.390 e. The molecule has 1 aliphatic carbocycles. The number of aromatic nitrogens is 7. The lowest BCUT2D eigenvalue weighted by molar-refractivity contribution is 0.0195. The molecule has 3 N–H and O–H groups in total. The second kappa shape index (κ2) is 8.18. The molecule has 12 heteroatoms. The first kappa shape index (κ1) is 21.4. The van der Waals surface area contributed by atoms with Crippen molar-refractivity contribution >= 4 is 28.4 Å². The second-order valence-electron chi connectivity index (χ2n) is 8.67. The van der Waals surface area contributed by atoms with Gasteiger partial charge in [0.2, 0.25) is 5.95 Å². The van der Waals surface area contributed by atoms with Crippen LogP contribution in [-0.4, -0.2) is 64.8 Å². The number of hydrogen-bond donors (Lipinski definition) is 3. The second-order valence-corrected chi connectivity index (χ2v) is 8.67. The summed E-state index contributed by atoms with van der Waals surface area (Å²) in [6, 6.07) is 5.54. The van der Waals surface area contributed by atoms with Crippen molar-refractivity contribution in [1.29, 1.82) is 0 Å². The molecule has 4 aromatic heterocycles. The average Bonchev–Trinajstić information content (AvgIpc) is 3.38. The average molecular weight is 457 g/mol. The third-order valence-electron chi connectivity index (χ3n) is 6.09. The number of hydrogen-bond acceptors (Lipinski definition) is 8. The van der Waals surface area contributed by atoms with Crippen LogP contribution in [0.2, 0.25) is 0 Å². The van der Waals surface area contributed by atoms with Gasteiger partial charge in [0, 0.05) is 24.8 Å². The summed E-state index contributed by atoms with van der Waals surface area (Å²) in [4.78, 5) is 9.20. The fourth-order valence-electron chi connectivity index (χ4n) is 4.29. The molecule has 0 spiro atoms. The van der Waals surface area contributed by atoms with E-state index in [1.165, 1.54) is 0 Å². The van der Waals surface area contributed by atoms with Gasteiger partial charge in [0.1, 0.15) is 17.6 Å². The highest BCUT2D eigenvalue weighted by molar-refractivity contribution is 5.89. The van der Waals surface area contributed by atoms with Crippen LogP contribution in [0.3, 0.4) is 0 Å². The zero-order valence-electron chi connectivity index (χ0n) is 18.3.